The largest absolute Gasteiger partial charge is 0.478 e. The van der Waals surface area contributed by atoms with E-state index in [2.05, 4.69) is 5.32 Å². The van der Waals surface area contributed by atoms with Crippen LogP contribution < -0.4 is 10.1 Å². The summed E-state index contributed by atoms with van der Waals surface area (Å²) in [5.41, 5.74) is 2.00. The molecule has 41 heavy (non-hydrogen) atoms. The molecule has 1 saturated heterocycles. The normalized spacial score (nSPS) is 23.3. The van der Waals surface area contributed by atoms with E-state index in [1.165, 1.54) is 11.3 Å². The number of benzene rings is 3. The van der Waals surface area contributed by atoms with E-state index in [4.69, 9.17) is 10.00 Å². The summed E-state index contributed by atoms with van der Waals surface area (Å²) in [7, 11) is 0. The fraction of sp³-hybridized carbons (Fsp3) is 0.152. The van der Waals surface area contributed by atoms with Crippen molar-refractivity contribution in [3.8, 4) is 11.8 Å². The van der Waals surface area contributed by atoms with E-state index in [0.717, 1.165) is 11.1 Å². The number of ketones is 2. The zero-order valence-electron chi connectivity index (χ0n) is 21.7. The number of nitrogens with one attached hydrogen (secondary N) is 1. The molecular weight excluding hydrogens is 534 g/mol. The van der Waals surface area contributed by atoms with Crippen LogP contribution in [-0.4, -0.2) is 35.0 Å². The molecule has 0 radical (unpaired) electrons. The van der Waals surface area contributed by atoms with Crippen molar-refractivity contribution in [2.75, 3.05) is 11.9 Å². The molecule has 3 aliphatic rings. The standard InChI is InChI=1S/C33H23N3O4S/c34-16-18-40-25-13-6-3-10-22(25)29(37)28-27(30(38)26-14-7-19-41-26)33(23-11-4-5-12-24(23)35-32(33)39)31-21-9-2-1-8-20(21)15-17-36(28)31/h1-15,17,19,27-28,31H,18H2,(H,35,39)/t27-,28+,31+,33-/m1/s1. The van der Waals surface area contributed by atoms with Gasteiger partial charge < -0.3 is 15.0 Å². The average molecular weight is 558 g/mol. The zero-order valence-corrected chi connectivity index (χ0v) is 22.5. The maximum absolute atomic E-state index is 14.7. The van der Waals surface area contributed by atoms with Crippen LogP contribution in [0.15, 0.2) is 96.5 Å². The number of nitriles is 1. The lowest BCUT2D eigenvalue weighted by molar-refractivity contribution is -0.122. The Morgan fingerprint density at radius 3 is 2.59 bits per heavy atom. The number of nitrogens with zero attached hydrogens (tertiary/aromatic N) is 2. The van der Waals surface area contributed by atoms with Gasteiger partial charge in [0.1, 0.15) is 23.3 Å². The number of para-hydroxylation sites is 2. The zero-order chi connectivity index (χ0) is 28.1. The van der Waals surface area contributed by atoms with Gasteiger partial charge in [-0.25, -0.2) is 0 Å². The van der Waals surface area contributed by atoms with Crippen molar-refractivity contribution >= 4 is 40.6 Å². The molecule has 0 saturated carbocycles. The van der Waals surface area contributed by atoms with Gasteiger partial charge >= 0.3 is 0 Å². The first kappa shape index (κ1) is 25.0. The minimum absolute atomic E-state index is 0.230. The van der Waals surface area contributed by atoms with Crippen molar-refractivity contribution in [2.24, 2.45) is 5.92 Å². The molecule has 0 aliphatic carbocycles. The SMILES string of the molecule is N#CCOc1ccccc1C(=O)[C@@H]1[C@H](C(=O)c2cccs2)[C@@]2(C(=O)Nc3ccccc32)[C@@H]2c3ccccc3C=CN12. The molecule has 7 nitrogen and oxygen atoms in total. The Kier molecular flexibility index (Phi) is 5.84. The second-order valence-corrected chi connectivity index (χ2v) is 11.2. The number of thiophene rings is 1. The molecule has 7 rings (SSSR count). The first-order chi connectivity index (χ1) is 20.1. The molecule has 1 aromatic heterocycles. The lowest BCUT2D eigenvalue weighted by Crippen LogP contribution is -2.49. The molecule has 1 spiro atoms. The number of carbonyl (C=O) groups excluding carboxylic acids is 3. The number of ether oxygens (including phenoxy) is 1. The highest BCUT2D eigenvalue weighted by atomic mass is 32.1. The summed E-state index contributed by atoms with van der Waals surface area (Å²) in [5, 5.41) is 14.0. The first-order valence-electron chi connectivity index (χ1n) is 13.2. The number of carbonyl (C=O) groups is 3. The number of rotatable bonds is 6. The fourth-order valence-electron chi connectivity index (χ4n) is 6.81. The van der Waals surface area contributed by atoms with Crippen LogP contribution >= 0.6 is 11.3 Å². The topological polar surface area (TPSA) is 99.5 Å². The third-order valence-electron chi connectivity index (χ3n) is 8.33. The van der Waals surface area contributed by atoms with Crippen LogP contribution in [0.2, 0.25) is 0 Å². The molecule has 200 valence electrons. The maximum atomic E-state index is 14.7. The van der Waals surface area contributed by atoms with E-state index < -0.39 is 23.4 Å². The summed E-state index contributed by atoms with van der Waals surface area (Å²) in [6.07, 6.45) is 3.76. The Morgan fingerprint density at radius 1 is 0.976 bits per heavy atom. The van der Waals surface area contributed by atoms with Crippen LogP contribution in [0, 0.1) is 17.2 Å². The number of hydrogen-bond acceptors (Lipinski definition) is 7. The van der Waals surface area contributed by atoms with Gasteiger partial charge in [-0.3, -0.25) is 14.4 Å². The molecule has 1 amide bonds. The van der Waals surface area contributed by atoms with Gasteiger partial charge in [0.15, 0.2) is 18.2 Å². The first-order valence-corrected chi connectivity index (χ1v) is 14.1. The smallest absolute Gasteiger partial charge is 0.238 e. The van der Waals surface area contributed by atoms with Gasteiger partial charge in [-0.05, 0) is 52.4 Å². The minimum atomic E-state index is -1.39. The number of amides is 1. The Hall–Kier alpha value is -5.00. The molecule has 4 aromatic rings. The highest BCUT2D eigenvalue weighted by Gasteiger charge is 2.71. The van der Waals surface area contributed by atoms with Crippen molar-refractivity contribution in [1.29, 1.82) is 5.26 Å². The molecule has 0 bridgehead atoms. The fourth-order valence-corrected chi connectivity index (χ4v) is 7.51. The van der Waals surface area contributed by atoms with Gasteiger partial charge in [0.25, 0.3) is 0 Å². The predicted molar refractivity (Wildman–Crippen MR) is 155 cm³/mol. The Morgan fingerprint density at radius 2 is 1.76 bits per heavy atom. The molecule has 1 fully saturated rings. The maximum Gasteiger partial charge on any atom is 0.238 e. The van der Waals surface area contributed by atoms with E-state index in [-0.39, 0.29) is 35.4 Å². The molecular formula is C33H23N3O4S. The van der Waals surface area contributed by atoms with Crippen molar-refractivity contribution in [1.82, 2.24) is 4.90 Å². The second-order valence-electron chi connectivity index (χ2n) is 10.2. The molecule has 3 aliphatic heterocycles. The second kappa shape index (κ2) is 9.58. The van der Waals surface area contributed by atoms with Crippen LogP contribution in [0.1, 0.15) is 42.8 Å². The average Bonchev–Trinajstić information content (AvgIpc) is 3.72. The van der Waals surface area contributed by atoms with Crippen molar-refractivity contribution in [3.05, 3.63) is 124 Å². The summed E-state index contributed by atoms with van der Waals surface area (Å²) in [5.74, 6) is -1.71. The van der Waals surface area contributed by atoms with Gasteiger partial charge in [0.2, 0.25) is 5.91 Å². The van der Waals surface area contributed by atoms with Gasteiger partial charge in [0.05, 0.1) is 22.4 Å². The monoisotopic (exact) mass is 557 g/mol. The highest BCUT2D eigenvalue weighted by Crippen LogP contribution is 2.62. The lowest BCUT2D eigenvalue weighted by atomic mass is 9.63. The van der Waals surface area contributed by atoms with Crippen molar-refractivity contribution < 1.29 is 19.1 Å². The molecule has 8 heteroatoms. The van der Waals surface area contributed by atoms with Gasteiger partial charge in [-0.2, -0.15) is 5.26 Å². The van der Waals surface area contributed by atoms with Gasteiger partial charge in [-0.15, -0.1) is 11.3 Å². The van der Waals surface area contributed by atoms with Crippen LogP contribution in [0.5, 0.6) is 5.75 Å². The Labute approximate surface area is 240 Å². The van der Waals surface area contributed by atoms with Crippen molar-refractivity contribution in [2.45, 2.75) is 17.5 Å². The summed E-state index contributed by atoms with van der Waals surface area (Å²) in [6, 6.07) is 25.8. The molecule has 0 unspecified atom stereocenters. The van der Waals surface area contributed by atoms with Crippen LogP contribution in [-0.2, 0) is 10.2 Å². The minimum Gasteiger partial charge on any atom is -0.478 e. The van der Waals surface area contributed by atoms with Crippen molar-refractivity contribution in [3.63, 3.8) is 0 Å². The van der Waals surface area contributed by atoms with E-state index in [9.17, 15) is 14.4 Å². The third-order valence-corrected chi connectivity index (χ3v) is 9.21. The quantitative estimate of drug-likeness (QED) is 0.309. The molecule has 4 heterocycles. The van der Waals surface area contributed by atoms with Crippen LogP contribution in [0.3, 0.4) is 0 Å². The number of anilines is 1. The Bertz CT molecular complexity index is 1790. The molecule has 3 aromatic carbocycles. The van der Waals surface area contributed by atoms with Gasteiger partial charge in [-0.1, -0.05) is 60.7 Å². The van der Waals surface area contributed by atoms with E-state index in [1.54, 1.807) is 36.4 Å². The summed E-state index contributed by atoms with van der Waals surface area (Å²) >= 11 is 1.30. The lowest BCUT2D eigenvalue weighted by Gasteiger charge is -2.38. The number of Topliss-reactive ketones (excluding diaryl/α,β-unsaturated/α-hetero) is 2. The van der Waals surface area contributed by atoms with Crippen LogP contribution in [0.25, 0.3) is 6.08 Å². The van der Waals surface area contributed by atoms with E-state index >= 15 is 0 Å². The Balaban J connectivity index is 1.52. The summed E-state index contributed by atoms with van der Waals surface area (Å²) in [4.78, 5) is 46.2. The molecule has 4 atom stereocenters. The third kappa shape index (κ3) is 3.52. The number of hydrogen-bond donors (Lipinski definition) is 1. The van der Waals surface area contributed by atoms with E-state index in [0.29, 0.717) is 16.1 Å². The number of fused-ring (bicyclic) bond motifs is 6. The predicted octanol–water partition coefficient (Wildman–Crippen LogP) is 5.63. The highest BCUT2D eigenvalue weighted by molar-refractivity contribution is 7.12. The summed E-state index contributed by atoms with van der Waals surface area (Å²) in [6.45, 7) is -0.230. The molecule has 1 N–H and O–H groups in total. The summed E-state index contributed by atoms with van der Waals surface area (Å²) < 4.78 is 5.64. The van der Waals surface area contributed by atoms with E-state index in [1.807, 2.05) is 77.2 Å². The van der Waals surface area contributed by atoms with Gasteiger partial charge in [0, 0.05) is 11.9 Å². The van der Waals surface area contributed by atoms with Crippen LogP contribution in [0.4, 0.5) is 5.69 Å².